The van der Waals surface area contributed by atoms with Crippen molar-refractivity contribution in [2.75, 3.05) is 13.7 Å². The number of nitrogens with one attached hydrogen (secondary N) is 2. The SMILES string of the molecule is CN1C(=O)[C@H](NC(=O)C(NC(=O)OC(C)(C)C)c2ccccc2)[C@H](c2ccccc2)OC[C@@H]1c1ccccc1. The van der Waals surface area contributed by atoms with Gasteiger partial charge in [-0.25, -0.2) is 4.79 Å². The molecule has 2 N–H and O–H groups in total. The fourth-order valence-electron chi connectivity index (χ4n) is 4.58. The minimum absolute atomic E-state index is 0.246. The van der Waals surface area contributed by atoms with Crippen LogP contribution < -0.4 is 10.6 Å². The highest BCUT2D eigenvalue weighted by molar-refractivity contribution is 5.92. The van der Waals surface area contributed by atoms with Gasteiger partial charge in [0.25, 0.3) is 0 Å². The van der Waals surface area contributed by atoms with E-state index in [0.717, 1.165) is 11.1 Å². The molecule has 1 fully saturated rings. The smallest absolute Gasteiger partial charge is 0.408 e. The lowest BCUT2D eigenvalue weighted by molar-refractivity contribution is -0.138. The highest BCUT2D eigenvalue weighted by Gasteiger charge is 2.41. The Labute approximate surface area is 229 Å². The van der Waals surface area contributed by atoms with E-state index in [9.17, 15) is 14.4 Å². The average Bonchev–Trinajstić information content (AvgIpc) is 3.04. The number of nitrogens with zero attached hydrogens (tertiary/aromatic N) is 1. The Morgan fingerprint density at radius 3 is 2.00 bits per heavy atom. The topological polar surface area (TPSA) is 97.0 Å². The molecule has 204 valence electrons. The van der Waals surface area contributed by atoms with Gasteiger partial charge < -0.3 is 25.0 Å². The Balaban J connectivity index is 1.66. The van der Waals surface area contributed by atoms with Crippen LogP contribution in [0.2, 0.25) is 0 Å². The van der Waals surface area contributed by atoms with Crippen molar-refractivity contribution in [1.29, 1.82) is 0 Å². The molecule has 3 aromatic rings. The van der Waals surface area contributed by atoms with Crippen molar-refractivity contribution in [3.8, 4) is 0 Å². The maximum atomic E-state index is 13.9. The zero-order valence-corrected chi connectivity index (χ0v) is 22.7. The lowest BCUT2D eigenvalue weighted by Crippen LogP contribution is -2.53. The van der Waals surface area contributed by atoms with E-state index >= 15 is 0 Å². The Morgan fingerprint density at radius 1 is 0.897 bits per heavy atom. The summed E-state index contributed by atoms with van der Waals surface area (Å²) in [6.07, 6.45) is -1.48. The summed E-state index contributed by atoms with van der Waals surface area (Å²) in [5.74, 6) is -0.853. The molecule has 4 rings (SSSR count). The molecule has 0 aromatic heterocycles. The first kappa shape index (κ1) is 27.9. The minimum Gasteiger partial charge on any atom is -0.444 e. The third-order valence-electron chi connectivity index (χ3n) is 6.48. The number of alkyl carbamates (subject to hydrolysis) is 1. The highest BCUT2D eigenvalue weighted by Crippen LogP contribution is 2.32. The number of carbonyl (C=O) groups excluding carboxylic acids is 3. The van der Waals surface area contributed by atoms with Crippen LogP contribution in [-0.4, -0.2) is 48.1 Å². The van der Waals surface area contributed by atoms with E-state index in [2.05, 4.69) is 10.6 Å². The number of hydrogen-bond donors (Lipinski definition) is 2. The Hall–Kier alpha value is -4.17. The van der Waals surface area contributed by atoms with E-state index in [1.807, 2.05) is 66.7 Å². The molecule has 0 saturated carbocycles. The molecule has 1 unspecified atom stereocenters. The van der Waals surface area contributed by atoms with Gasteiger partial charge in [0.15, 0.2) is 0 Å². The molecule has 1 aliphatic heterocycles. The number of rotatable bonds is 6. The van der Waals surface area contributed by atoms with E-state index in [-0.39, 0.29) is 18.6 Å². The van der Waals surface area contributed by atoms with E-state index in [4.69, 9.17) is 9.47 Å². The van der Waals surface area contributed by atoms with E-state index in [0.29, 0.717) is 5.56 Å². The minimum atomic E-state index is -1.09. The first-order chi connectivity index (χ1) is 18.6. The molecule has 3 aromatic carbocycles. The summed E-state index contributed by atoms with van der Waals surface area (Å²) in [4.78, 5) is 42.0. The van der Waals surface area contributed by atoms with Gasteiger partial charge in [0, 0.05) is 7.05 Å². The van der Waals surface area contributed by atoms with Crippen molar-refractivity contribution in [2.24, 2.45) is 0 Å². The van der Waals surface area contributed by atoms with Gasteiger partial charge in [-0.2, -0.15) is 0 Å². The van der Waals surface area contributed by atoms with Gasteiger partial charge in [0.2, 0.25) is 11.8 Å². The first-order valence-corrected chi connectivity index (χ1v) is 13.0. The van der Waals surface area contributed by atoms with Gasteiger partial charge in [-0.15, -0.1) is 0 Å². The Morgan fingerprint density at radius 2 is 1.44 bits per heavy atom. The van der Waals surface area contributed by atoms with Crippen LogP contribution in [0.3, 0.4) is 0 Å². The second-order valence-corrected chi connectivity index (χ2v) is 10.5. The summed E-state index contributed by atoms with van der Waals surface area (Å²) in [6.45, 7) is 5.48. The predicted octanol–water partition coefficient (Wildman–Crippen LogP) is 4.71. The lowest BCUT2D eigenvalue weighted by atomic mass is 9.99. The molecule has 4 atom stereocenters. The maximum absolute atomic E-state index is 13.9. The Kier molecular flexibility index (Phi) is 8.66. The number of ether oxygens (including phenoxy) is 2. The number of carbonyl (C=O) groups is 3. The fourth-order valence-corrected chi connectivity index (χ4v) is 4.58. The molecule has 1 saturated heterocycles. The third kappa shape index (κ3) is 7.03. The van der Waals surface area contributed by atoms with Crippen LogP contribution in [0.15, 0.2) is 91.0 Å². The number of likely N-dealkylation sites (N-methyl/N-ethyl adjacent to an activating group) is 1. The van der Waals surface area contributed by atoms with Gasteiger partial charge in [0.05, 0.1) is 12.6 Å². The van der Waals surface area contributed by atoms with E-state index < -0.39 is 35.8 Å². The second kappa shape index (κ2) is 12.1. The summed E-state index contributed by atoms with van der Waals surface area (Å²) in [7, 11) is 1.71. The second-order valence-electron chi connectivity index (χ2n) is 10.5. The summed E-state index contributed by atoms with van der Waals surface area (Å²) >= 11 is 0. The van der Waals surface area contributed by atoms with E-state index in [1.54, 1.807) is 57.0 Å². The quantitative estimate of drug-likeness (QED) is 0.482. The normalized spacial score (nSPS) is 20.5. The van der Waals surface area contributed by atoms with Gasteiger partial charge in [-0.1, -0.05) is 91.0 Å². The molecule has 0 spiro atoms. The van der Waals surface area contributed by atoms with Crippen molar-refractivity contribution >= 4 is 17.9 Å². The predicted molar refractivity (Wildman–Crippen MR) is 148 cm³/mol. The van der Waals surface area contributed by atoms with Crippen LogP contribution in [0.4, 0.5) is 4.79 Å². The largest absolute Gasteiger partial charge is 0.444 e. The van der Waals surface area contributed by atoms with Gasteiger partial charge in [-0.3, -0.25) is 9.59 Å². The molecule has 1 aliphatic rings. The van der Waals surface area contributed by atoms with Gasteiger partial charge >= 0.3 is 6.09 Å². The summed E-state index contributed by atoms with van der Waals surface area (Å²) in [5, 5.41) is 5.57. The third-order valence-corrected chi connectivity index (χ3v) is 6.48. The van der Waals surface area contributed by atoms with Crippen LogP contribution in [0.5, 0.6) is 0 Å². The number of amides is 3. The van der Waals surface area contributed by atoms with Crippen LogP contribution in [-0.2, 0) is 19.1 Å². The summed E-state index contributed by atoms with van der Waals surface area (Å²) in [5.41, 5.74) is 1.49. The Bertz CT molecular complexity index is 1260. The number of benzene rings is 3. The van der Waals surface area contributed by atoms with Crippen molar-refractivity contribution < 1.29 is 23.9 Å². The molecular formula is C31H35N3O5. The zero-order chi connectivity index (χ0) is 28.0. The monoisotopic (exact) mass is 529 g/mol. The zero-order valence-electron chi connectivity index (χ0n) is 22.7. The van der Waals surface area contributed by atoms with E-state index in [1.165, 1.54) is 0 Å². The molecule has 8 heteroatoms. The summed E-state index contributed by atoms with van der Waals surface area (Å²) in [6, 6.07) is 25.4. The van der Waals surface area contributed by atoms with Crippen molar-refractivity contribution in [1.82, 2.24) is 15.5 Å². The molecule has 8 nitrogen and oxygen atoms in total. The van der Waals surface area contributed by atoms with Crippen LogP contribution in [0.25, 0.3) is 0 Å². The first-order valence-electron chi connectivity index (χ1n) is 13.0. The van der Waals surface area contributed by atoms with Crippen LogP contribution in [0, 0.1) is 0 Å². The maximum Gasteiger partial charge on any atom is 0.408 e. The average molecular weight is 530 g/mol. The summed E-state index contributed by atoms with van der Waals surface area (Å²) < 4.78 is 11.8. The molecular weight excluding hydrogens is 494 g/mol. The highest BCUT2D eigenvalue weighted by atomic mass is 16.6. The molecule has 0 bridgehead atoms. The van der Waals surface area contributed by atoms with Crippen LogP contribution in [0.1, 0.15) is 55.6 Å². The van der Waals surface area contributed by atoms with Crippen molar-refractivity contribution in [3.05, 3.63) is 108 Å². The molecule has 0 aliphatic carbocycles. The molecule has 39 heavy (non-hydrogen) atoms. The lowest BCUT2D eigenvalue weighted by Gasteiger charge is -2.30. The standard InChI is InChI=1S/C31H35N3O5/c1-31(2,3)39-30(37)33-25(22-16-10-6-11-17-22)28(35)32-26-27(23-18-12-7-13-19-23)38-20-24(34(4)29(26)36)21-14-8-5-9-15-21/h5-19,24-27H,20H2,1-4H3,(H,32,35)(H,33,37)/t24-,25?,26-,27+/m1/s1. The molecule has 0 radical (unpaired) electrons. The van der Waals surface area contributed by atoms with Crippen molar-refractivity contribution in [3.63, 3.8) is 0 Å². The van der Waals surface area contributed by atoms with Crippen LogP contribution >= 0.6 is 0 Å². The fraction of sp³-hybridized carbons (Fsp3) is 0.323. The van der Waals surface area contributed by atoms with Gasteiger partial charge in [0.1, 0.15) is 23.8 Å². The van der Waals surface area contributed by atoms with Gasteiger partial charge in [-0.05, 0) is 37.5 Å². The van der Waals surface area contributed by atoms with Crippen molar-refractivity contribution in [2.45, 2.75) is 50.6 Å². The number of hydrogen-bond acceptors (Lipinski definition) is 5. The molecule has 3 amide bonds. The molecule has 1 heterocycles.